The van der Waals surface area contributed by atoms with Crippen molar-refractivity contribution in [2.24, 2.45) is 0 Å². The van der Waals surface area contributed by atoms with Crippen LogP contribution in [0.2, 0.25) is 0 Å². The van der Waals surface area contributed by atoms with Crippen LogP contribution in [0, 0.1) is 5.82 Å². The highest BCUT2D eigenvalue weighted by Gasteiger charge is 2.35. The fourth-order valence-corrected chi connectivity index (χ4v) is 4.98. The zero-order valence-electron chi connectivity index (χ0n) is 17.1. The molecule has 1 N–H and O–H groups in total. The molecule has 7 nitrogen and oxygen atoms in total. The maximum Gasteiger partial charge on any atom is 0.244 e. The summed E-state index contributed by atoms with van der Waals surface area (Å²) in [5.74, 6) is -0.0157. The average molecular weight is 437 g/mol. The number of carbonyl (C=O) groups is 1. The maximum atomic E-state index is 13.9. The van der Waals surface area contributed by atoms with Crippen molar-refractivity contribution in [1.82, 2.24) is 9.62 Å². The molecule has 30 heavy (non-hydrogen) atoms. The summed E-state index contributed by atoms with van der Waals surface area (Å²) in [6, 6.07) is 9.14. The molecule has 0 aliphatic carbocycles. The molecule has 2 atom stereocenters. The van der Waals surface area contributed by atoms with Crippen LogP contribution in [0.15, 0.2) is 47.4 Å². The number of halogens is 1. The van der Waals surface area contributed by atoms with Crippen LogP contribution in [0.5, 0.6) is 11.5 Å². The molecule has 1 fully saturated rings. The maximum absolute atomic E-state index is 13.9. The van der Waals surface area contributed by atoms with Gasteiger partial charge in [0.2, 0.25) is 15.9 Å². The van der Waals surface area contributed by atoms with Crippen molar-refractivity contribution < 1.29 is 27.1 Å². The van der Waals surface area contributed by atoms with E-state index in [-0.39, 0.29) is 11.9 Å². The highest BCUT2D eigenvalue weighted by atomic mass is 32.2. The van der Waals surface area contributed by atoms with Gasteiger partial charge in [0.25, 0.3) is 0 Å². The van der Waals surface area contributed by atoms with Gasteiger partial charge < -0.3 is 14.4 Å². The largest absolute Gasteiger partial charge is 0.497 e. The van der Waals surface area contributed by atoms with Crippen LogP contribution in [0.1, 0.15) is 31.4 Å². The van der Waals surface area contributed by atoms with Gasteiger partial charge in [0.15, 0.2) is 0 Å². The van der Waals surface area contributed by atoms with E-state index in [0.29, 0.717) is 18.0 Å². The second-order valence-corrected chi connectivity index (χ2v) is 8.75. The number of likely N-dealkylation sites (tertiary alicyclic amines) is 1. The third-order valence-corrected chi connectivity index (χ3v) is 6.74. The van der Waals surface area contributed by atoms with E-state index >= 15 is 0 Å². The summed E-state index contributed by atoms with van der Waals surface area (Å²) in [4.78, 5) is 14.2. The summed E-state index contributed by atoms with van der Waals surface area (Å²) in [6.07, 6.45) is 1.50. The first kappa shape index (κ1) is 22.0. The highest BCUT2D eigenvalue weighted by molar-refractivity contribution is 7.89. The summed E-state index contributed by atoms with van der Waals surface area (Å²) in [5.41, 5.74) is 0.827. The second-order valence-electron chi connectivity index (χ2n) is 7.07. The van der Waals surface area contributed by atoms with Crippen LogP contribution in [-0.4, -0.2) is 46.0 Å². The summed E-state index contributed by atoms with van der Waals surface area (Å²) in [7, 11) is -1.08. The van der Waals surface area contributed by atoms with Crippen LogP contribution in [0.25, 0.3) is 0 Å². The molecule has 9 heteroatoms. The zero-order valence-corrected chi connectivity index (χ0v) is 17.9. The lowest BCUT2D eigenvalue weighted by molar-refractivity contribution is -0.133. The molecule has 1 saturated heterocycles. The van der Waals surface area contributed by atoms with Gasteiger partial charge in [-0.3, -0.25) is 4.79 Å². The number of hydrogen-bond donors (Lipinski definition) is 1. The lowest BCUT2D eigenvalue weighted by atomic mass is 10.0. The van der Waals surface area contributed by atoms with Gasteiger partial charge in [-0.05, 0) is 44.0 Å². The molecule has 0 bridgehead atoms. The van der Waals surface area contributed by atoms with E-state index in [0.717, 1.165) is 30.5 Å². The molecular weight excluding hydrogens is 411 g/mol. The number of rotatable bonds is 7. The van der Waals surface area contributed by atoms with Crippen molar-refractivity contribution in [1.29, 1.82) is 0 Å². The summed E-state index contributed by atoms with van der Waals surface area (Å²) in [5, 5.41) is 0. The van der Waals surface area contributed by atoms with Crippen LogP contribution < -0.4 is 14.2 Å². The van der Waals surface area contributed by atoms with E-state index in [1.807, 2.05) is 6.07 Å². The minimum Gasteiger partial charge on any atom is -0.497 e. The Balaban J connectivity index is 1.81. The molecule has 2 aromatic carbocycles. The van der Waals surface area contributed by atoms with E-state index in [1.54, 1.807) is 31.3 Å². The van der Waals surface area contributed by atoms with Gasteiger partial charge in [-0.2, -0.15) is 4.72 Å². The highest BCUT2D eigenvalue weighted by Crippen LogP contribution is 2.39. The summed E-state index contributed by atoms with van der Waals surface area (Å²) >= 11 is 0. The Labute approximate surface area is 175 Å². The van der Waals surface area contributed by atoms with Crippen molar-refractivity contribution in [2.75, 3.05) is 20.8 Å². The van der Waals surface area contributed by atoms with Gasteiger partial charge in [0, 0.05) is 18.2 Å². The normalized spacial score (nSPS) is 17.6. The molecule has 1 heterocycles. The molecular formula is C21H25FN2O5S. The van der Waals surface area contributed by atoms with Gasteiger partial charge in [-0.25, -0.2) is 12.8 Å². The number of benzene rings is 2. The minimum absolute atomic E-state index is 0.251. The third-order valence-electron chi connectivity index (χ3n) is 5.16. The van der Waals surface area contributed by atoms with E-state index in [4.69, 9.17) is 9.47 Å². The Morgan fingerprint density at radius 1 is 1.20 bits per heavy atom. The lowest BCUT2D eigenvalue weighted by Crippen LogP contribution is -2.46. The van der Waals surface area contributed by atoms with Gasteiger partial charge in [-0.1, -0.05) is 12.1 Å². The molecule has 1 amide bonds. The fourth-order valence-electron chi connectivity index (χ4n) is 3.71. The molecule has 162 valence electrons. The predicted molar refractivity (Wildman–Crippen MR) is 109 cm³/mol. The smallest absolute Gasteiger partial charge is 0.244 e. The first-order chi connectivity index (χ1) is 14.3. The van der Waals surface area contributed by atoms with Gasteiger partial charge in [0.1, 0.15) is 22.2 Å². The van der Waals surface area contributed by atoms with E-state index in [1.165, 1.54) is 19.1 Å². The number of nitrogens with one attached hydrogen (secondary N) is 1. The first-order valence-corrected chi connectivity index (χ1v) is 11.1. The van der Waals surface area contributed by atoms with Crippen LogP contribution in [0.4, 0.5) is 4.39 Å². The van der Waals surface area contributed by atoms with Crippen LogP contribution >= 0.6 is 0 Å². The number of sulfonamides is 1. The standard InChI is InChI=1S/C21H25FN2O5S/c1-14(23-30(26,27)20-9-5-4-7-17(20)22)21(25)24-12-6-8-18(24)16-11-10-15(28-2)13-19(16)29-3/h4-5,7,9-11,13-14,18,23H,6,8,12H2,1-3H3/t14-,18-/m0/s1. The number of amides is 1. The lowest BCUT2D eigenvalue weighted by Gasteiger charge is -2.29. The SMILES string of the molecule is COc1ccc([C@@H]2CCCN2C(=O)[C@H](C)NS(=O)(=O)c2ccccc2F)c(OC)c1. The number of methoxy groups -OCH3 is 2. The first-order valence-electron chi connectivity index (χ1n) is 9.57. The monoisotopic (exact) mass is 436 g/mol. The Morgan fingerprint density at radius 3 is 2.60 bits per heavy atom. The predicted octanol–water partition coefficient (Wildman–Crippen LogP) is 2.87. The van der Waals surface area contributed by atoms with Crippen molar-refractivity contribution >= 4 is 15.9 Å². The number of ether oxygens (including phenoxy) is 2. The molecule has 0 saturated carbocycles. The van der Waals surface area contributed by atoms with E-state index in [2.05, 4.69) is 4.72 Å². The molecule has 2 aromatic rings. The molecule has 0 radical (unpaired) electrons. The van der Waals surface area contributed by atoms with Crippen LogP contribution in [-0.2, 0) is 14.8 Å². The molecule has 1 aliphatic rings. The number of nitrogens with zero attached hydrogens (tertiary/aromatic N) is 1. The summed E-state index contributed by atoms with van der Waals surface area (Å²) < 4.78 is 52.0. The average Bonchev–Trinajstić information content (AvgIpc) is 3.22. The quantitative estimate of drug-likeness (QED) is 0.722. The minimum atomic E-state index is -4.18. The van der Waals surface area contributed by atoms with E-state index in [9.17, 15) is 17.6 Å². The van der Waals surface area contributed by atoms with Crippen molar-refractivity contribution in [2.45, 2.75) is 36.7 Å². The van der Waals surface area contributed by atoms with Gasteiger partial charge >= 0.3 is 0 Å². The molecule has 0 spiro atoms. The molecule has 3 rings (SSSR count). The molecule has 0 unspecified atom stereocenters. The van der Waals surface area contributed by atoms with Crippen molar-refractivity contribution in [3.05, 3.63) is 53.8 Å². The second kappa shape index (κ2) is 9.01. The third kappa shape index (κ3) is 4.41. The Hall–Kier alpha value is -2.65. The number of hydrogen-bond acceptors (Lipinski definition) is 5. The van der Waals surface area contributed by atoms with Gasteiger partial charge in [0.05, 0.1) is 26.3 Å². The zero-order chi connectivity index (χ0) is 21.9. The Morgan fingerprint density at radius 2 is 1.93 bits per heavy atom. The topological polar surface area (TPSA) is 84.9 Å². The Kier molecular flexibility index (Phi) is 6.62. The number of carbonyl (C=O) groups excluding carboxylic acids is 1. The van der Waals surface area contributed by atoms with Crippen molar-refractivity contribution in [3.8, 4) is 11.5 Å². The summed E-state index contributed by atoms with van der Waals surface area (Å²) in [6.45, 7) is 1.95. The molecule has 1 aliphatic heterocycles. The van der Waals surface area contributed by atoms with E-state index < -0.39 is 26.8 Å². The van der Waals surface area contributed by atoms with Gasteiger partial charge in [-0.15, -0.1) is 0 Å². The van der Waals surface area contributed by atoms with Crippen LogP contribution in [0.3, 0.4) is 0 Å². The van der Waals surface area contributed by atoms with Crippen molar-refractivity contribution in [3.63, 3.8) is 0 Å². The fraction of sp³-hybridized carbons (Fsp3) is 0.381. The Bertz CT molecular complexity index is 1030. The molecule has 0 aromatic heterocycles.